The average molecular weight is 401 g/mol. The summed E-state index contributed by atoms with van der Waals surface area (Å²) in [6.07, 6.45) is 4.19. The lowest BCUT2D eigenvalue weighted by molar-refractivity contribution is -0.139. The van der Waals surface area contributed by atoms with Crippen LogP contribution >= 0.6 is 0 Å². The van der Waals surface area contributed by atoms with E-state index in [1.807, 2.05) is 25.1 Å². The van der Waals surface area contributed by atoms with Crippen molar-refractivity contribution in [2.45, 2.75) is 51.1 Å². The van der Waals surface area contributed by atoms with Crippen molar-refractivity contribution in [3.05, 3.63) is 23.8 Å². The Morgan fingerprint density at radius 3 is 2.69 bits per heavy atom. The molecule has 0 aromatic heterocycles. The predicted octanol–water partition coefficient (Wildman–Crippen LogP) is 2.06. The van der Waals surface area contributed by atoms with E-state index in [-0.39, 0.29) is 18.4 Å². The van der Waals surface area contributed by atoms with Gasteiger partial charge in [-0.15, -0.1) is 0 Å². The highest BCUT2D eigenvalue weighted by Gasteiger charge is 2.51. The van der Waals surface area contributed by atoms with Gasteiger partial charge in [0.2, 0.25) is 5.91 Å². The van der Waals surface area contributed by atoms with Crippen molar-refractivity contribution in [2.24, 2.45) is 0 Å². The van der Waals surface area contributed by atoms with Gasteiger partial charge in [0, 0.05) is 18.7 Å². The van der Waals surface area contributed by atoms with Gasteiger partial charge in [0.25, 0.3) is 5.91 Å². The summed E-state index contributed by atoms with van der Waals surface area (Å²) in [5, 5.41) is 2.85. The molecule has 1 N–H and O–H groups in total. The zero-order valence-electron chi connectivity index (χ0n) is 16.7. The Bertz CT molecular complexity index is 819. The molecule has 4 rings (SSSR count). The van der Waals surface area contributed by atoms with Crippen molar-refractivity contribution in [1.29, 1.82) is 0 Å². The van der Waals surface area contributed by atoms with Gasteiger partial charge in [-0.2, -0.15) is 0 Å². The zero-order chi connectivity index (χ0) is 20.4. The minimum absolute atomic E-state index is 0.243. The van der Waals surface area contributed by atoms with Crippen LogP contribution in [0, 0.1) is 0 Å². The van der Waals surface area contributed by atoms with Gasteiger partial charge in [-0.05, 0) is 25.8 Å². The second-order valence-corrected chi connectivity index (χ2v) is 7.81. The number of urea groups is 1. The first-order chi connectivity index (χ1) is 14.0. The number of nitrogens with zero attached hydrogens (tertiary/aromatic N) is 2. The van der Waals surface area contributed by atoms with Crippen molar-refractivity contribution in [3.63, 3.8) is 0 Å². The van der Waals surface area contributed by atoms with E-state index >= 15 is 0 Å². The van der Waals surface area contributed by atoms with Crippen molar-refractivity contribution >= 4 is 17.8 Å². The second-order valence-electron chi connectivity index (χ2n) is 7.81. The molecular formula is C21H27N3O5. The fraction of sp³-hybridized carbons (Fsp3) is 0.571. The Morgan fingerprint density at radius 2 is 1.93 bits per heavy atom. The van der Waals surface area contributed by atoms with Crippen LogP contribution in [0.25, 0.3) is 0 Å². The van der Waals surface area contributed by atoms with Crippen molar-refractivity contribution < 1.29 is 23.9 Å². The van der Waals surface area contributed by atoms with Crippen LogP contribution < -0.4 is 14.8 Å². The van der Waals surface area contributed by atoms with Gasteiger partial charge in [0.05, 0.1) is 0 Å². The van der Waals surface area contributed by atoms with Gasteiger partial charge < -0.3 is 19.7 Å². The third kappa shape index (κ3) is 3.63. The summed E-state index contributed by atoms with van der Waals surface area (Å²) < 4.78 is 11.3. The largest absolute Gasteiger partial charge is 0.486 e. The molecular weight excluding hydrogens is 374 g/mol. The number of hydrogen-bond donors (Lipinski definition) is 1. The predicted molar refractivity (Wildman–Crippen MR) is 105 cm³/mol. The summed E-state index contributed by atoms with van der Waals surface area (Å²) in [5.74, 6) is 0.797. The lowest BCUT2D eigenvalue weighted by atomic mass is 9.82. The highest BCUT2D eigenvalue weighted by molar-refractivity contribution is 6.09. The molecule has 1 aliphatic carbocycles. The van der Waals surface area contributed by atoms with Crippen LogP contribution in [-0.4, -0.2) is 59.5 Å². The van der Waals surface area contributed by atoms with E-state index in [0.29, 0.717) is 50.6 Å². The minimum atomic E-state index is -0.809. The zero-order valence-corrected chi connectivity index (χ0v) is 16.7. The third-order valence-electron chi connectivity index (χ3n) is 5.99. The Morgan fingerprint density at radius 1 is 1.17 bits per heavy atom. The Kier molecular flexibility index (Phi) is 5.34. The molecule has 2 fully saturated rings. The normalized spacial score (nSPS) is 20.0. The summed E-state index contributed by atoms with van der Waals surface area (Å²) in [6.45, 7) is 3.38. The molecule has 0 atom stereocenters. The molecule has 8 heteroatoms. The molecule has 2 aliphatic heterocycles. The number of likely N-dealkylation sites (N-methyl/N-ethyl adjacent to an activating group) is 1. The summed E-state index contributed by atoms with van der Waals surface area (Å²) in [6, 6.07) is 5.14. The molecule has 1 aromatic carbocycles. The van der Waals surface area contributed by atoms with E-state index in [0.717, 1.165) is 29.7 Å². The average Bonchev–Trinajstić information content (AvgIpc) is 2.96. The van der Waals surface area contributed by atoms with Gasteiger partial charge in [0.1, 0.15) is 25.3 Å². The van der Waals surface area contributed by atoms with E-state index in [1.54, 1.807) is 4.90 Å². The first-order valence-electron chi connectivity index (χ1n) is 10.3. The van der Waals surface area contributed by atoms with Crippen LogP contribution in [0.3, 0.4) is 0 Å². The monoisotopic (exact) mass is 401 g/mol. The van der Waals surface area contributed by atoms with E-state index in [2.05, 4.69) is 5.32 Å². The summed E-state index contributed by atoms with van der Waals surface area (Å²) in [4.78, 5) is 41.0. The molecule has 1 aromatic rings. The number of rotatable bonds is 5. The Labute approximate surface area is 170 Å². The van der Waals surface area contributed by atoms with Crippen LogP contribution in [-0.2, 0) is 16.1 Å². The van der Waals surface area contributed by atoms with E-state index in [4.69, 9.17) is 9.47 Å². The number of fused-ring (bicyclic) bond motifs is 1. The number of hydrogen-bond acceptors (Lipinski definition) is 5. The quantitative estimate of drug-likeness (QED) is 0.763. The van der Waals surface area contributed by atoms with Crippen molar-refractivity contribution in [2.75, 3.05) is 26.3 Å². The van der Waals surface area contributed by atoms with Crippen molar-refractivity contribution in [3.8, 4) is 11.5 Å². The number of amides is 4. The molecule has 0 unspecified atom stereocenters. The summed E-state index contributed by atoms with van der Waals surface area (Å²) >= 11 is 0. The molecule has 8 nitrogen and oxygen atoms in total. The SMILES string of the molecule is CCN(Cc1cccc2c1OCCO2)C(=O)CN1C(=O)NC2(CCCCC2)C1=O. The Hall–Kier alpha value is -2.77. The third-order valence-corrected chi connectivity index (χ3v) is 5.99. The molecule has 4 amide bonds. The van der Waals surface area contributed by atoms with Crippen molar-refractivity contribution in [1.82, 2.24) is 15.1 Å². The van der Waals surface area contributed by atoms with E-state index in [1.165, 1.54) is 0 Å². The maximum absolute atomic E-state index is 12.9. The number of imide groups is 1. The first kappa shape index (κ1) is 19.5. The Balaban J connectivity index is 1.46. The van der Waals surface area contributed by atoms with Crippen LogP contribution in [0.2, 0.25) is 0 Å². The lowest BCUT2D eigenvalue weighted by Crippen LogP contribution is -2.49. The molecule has 3 aliphatic rings. The molecule has 1 saturated carbocycles. The number of benzene rings is 1. The van der Waals surface area contributed by atoms with Crippen LogP contribution in [0.5, 0.6) is 11.5 Å². The topological polar surface area (TPSA) is 88.2 Å². The van der Waals surface area contributed by atoms with Gasteiger partial charge in [-0.25, -0.2) is 4.79 Å². The number of ether oxygens (including phenoxy) is 2. The van der Waals surface area contributed by atoms with Crippen LogP contribution in [0.15, 0.2) is 18.2 Å². The molecule has 29 heavy (non-hydrogen) atoms. The minimum Gasteiger partial charge on any atom is -0.486 e. The first-order valence-corrected chi connectivity index (χ1v) is 10.3. The van der Waals surface area contributed by atoms with Gasteiger partial charge in [-0.3, -0.25) is 14.5 Å². The number of nitrogens with one attached hydrogen (secondary N) is 1. The number of carbonyl (C=O) groups is 3. The fourth-order valence-electron chi connectivity index (χ4n) is 4.39. The molecule has 0 bridgehead atoms. The fourth-order valence-corrected chi connectivity index (χ4v) is 4.39. The number of carbonyl (C=O) groups excluding carboxylic acids is 3. The molecule has 1 spiro atoms. The molecule has 156 valence electrons. The van der Waals surface area contributed by atoms with Gasteiger partial charge >= 0.3 is 6.03 Å². The number of para-hydroxylation sites is 1. The van der Waals surface area contributed by atoms with E-state index in [9.17, 15) is 14.4 Å². The maximum atomic E-state index is 12.9. The van der Waals surface area contributed by atoms with Gasteiger partial charge in [0.15, 0.2) is 11.5 Å². The van der Waals surface area contributed by atoms with Gasteiger partial charge in [-0.1, -0.05) is 31.4 Å². The van der Waals surface area contributed by atoms with Crippen LogP contribution in [0.4, 0.5) is 4.79 Å². The lowest BCUT2D eigenvalue weighted by Gasteiger charge is -2.30. The highest BCUT2D eigenvalue weighted by atomic mass is 16.6. The highest BCUT2D eigenvalue weighted by Crippen LogP contribution is 2.35. The smallest absolute Gasteiger partial charge is 0.325 e. The summed E-state index contributed by atoms with van der Waals surface area (Å²) in [7, 11) is 0. The van der Waals surface area contributed by atoms with E-state index < -0.39 is 11.6 Å². The second kappa shape index (κ2) is 7.93. The summed E-state index contributed by atoms with van der Waals surface area (Å²) in [5.41, 5.74) is 0.0365. The molecule has 0 radical (unpaired) electrons. The molecule has 2 heterocycles. The maximum Gasteiger partial charge on any atom is 0.325 e. The van der Waals surface area contributed by atoms with Crippen LogP contribution in [0.1, 0.15) is 44.6 Å². The standard InChI is InChI=1S/C21H27N3O5/c1-2-23(13-15-7-6-8-16-18(15)29-12-11-28-16)17(25)14-24-19(26)21(22-20(24)27)9-4-3-5-10-21/h6-8H,2-5,9-14H2,1H3,(H,22,27). The molecule has 1 saturated heterocycles.